The Morgan fingerprint density at radius 2 is 1.80 bits per heavy atom. The third kappa shape index (κ3) is 2.79. The molecule has 160 valence electrons. The summed E-state index contributed by atoms with van der Waals surface area (Å²) in [6.45, 7) is 11.4. The lowest BCUT2D eigenvalue weighted by Gasteiger charge is -2.58. The van der Waals surface area contributed by atoms with Crippen LogP contribution < -0.4 is 4.90 Å². The normalized spacial score (nSPS) is 39.9. The van der Waals surface area contributed by atoms with Crippen molar-refractivity contribution in [3.63, 3.8) is 0 Å². The Balaban J connectivity index is 1.47. The molecule has 2 nitrogen and oxygen atoms in total. The van der Waals surface area contributed by atoms with Gasteiger partial charge in [-0.2, -0.15) is 0 Å². The predicted molar refractivity (Wildman–Crippen MR) is 125 cm³/mol. The Kier molecular flexibility index (Phi) is 4.78. The highest BCUT2D eigenvalue weighted by Gasteiger charge is 2.57. The molecule has 2 heteroatoms. The smallest absolute Gasteiger partial charge is 0.0577 e. The number of hydrogen-bond donors (Lipinski definition) is 1. The quantitative estimate of drug-likeness (QED) is 0.563. The van der Waals surface area contributed by atoms with Gasteiger partial charge in [0.2, 0.25) is 0 Å². The van der Waals surface area contributed by atoms with Crippen LogP contribution in [0.25, 0.3) is 0 Å². The molecule has 0 heterocycles. The van der Waals surface area contributed by atoms with E-state index in [9.17, 15) is 5.11 Å². The number of fused-ring (bicyclic) bond motifs is 5. The van der Waals surface area contributed by atoms with Gasteiger partial charge < -0.3 is 10.0 Å². The summed E-state index contributed by atoms with van der Waals surface area (Å²) in [5.41, 5.74) is 6.12. The van der Waals surface area contributed by atoms with Crippen molar-refractivity contribution >= 4 is 5.69 Å². The van der Waals surface area contributed by atoms with Crippen molar-refractivity contribution in [2.24, 2.45) is 28.6 Å². The van der Waals surface area contributed by atoms with E-state index in [1.54, 1.807) is 5.57 Å². The van der Waals surface area contributed by atoms with Gasteiger partial charge in [-0.05, 0) is 86.7 Å². The van der Waals surface area contributed by atoms with Crippen molar-refractivity contribution in [2.45, 2.75) is 71.8 Å². The molecule has 1 N–H and O–H groups in total. The Labute approximate surface area is 182 Å². The van der Waals surface area contributed by atoms with Crippen LogP contribution in [-0.2, 0) is 0 Å². The fourth-order valence-electron chi connectivity index (χ4n) is 7.72. The molecule has 2 saturated carbocycles. The summed E-state index contributed by atoms with van der Waals surface area (Å²) < 4.78 is 0. The number of rotatable bonds is 3. The Hall–Kier alpha value is -1.80. The minimum Gasteiger partial charge on any atom is -0.393 e. The lowest BCUT2D eigenvalue weighted by molar-refractivity contribution is -0.0296. The van der Waals surface area contributed by atoms with Gasteiger partial charge in [0.15, 0.2) is 0 Å². The van der Waals surface area contributed by atoms with Crippen LogP contribution in [0, 0.1) is 35.5 Å². The Morgan fingerprint density at radius 3 is 2.57 bits per heavy atom. The SMILES string of the molecule is C=CN(C1=CCC2C3CC=C4CC(O)CCC4(C)C3CCC12C)c1ccccc1C. The number of para-hydroxylation sites is 1. The minimum absolute atomic E-state index is 0.121. The fraction of sp³-hybridized carbons (Fsp3) is 0.571. The monoisotopic (exact) mass is 403 g/mol. The molecule has 1 aromatic carbocycles. The molecule has 4 aliphatic rings. The van der Waals surface area contributed by atoms with Gasteiger partial charge >= 0.3 is 0 Å². The average Bonchev–Trinajstić information content (AvgIpc) is 3.08. The first-order valence-corrected chi connectivity index (χ1v) is 11.9. The van der Waals surface area contributed by atoms with E-state index in [4.69, 9.17) is 0 Å². The van der Waals surface area contributed by atoms with Crippen molar-refractivity contribution in [2.75, 3.05) is 4.90 Å². The van der Waals surface area contributed by atoms with Crippen LogP contribution in [-0.4, -0.2) is 11.2 Å². The van der Waals surface area contributed by atoms with Gasteiger partial charge in [0.05, 0.1) is 6.10 Å². The number of nitrogens with zero attached hydrogens (tertiary/aromatic N) is 1. The van der Waals surface area contributed by atoms with Crippen LogP contribution in [0.15, 0.2) is 60.5 Å². The molecule has 0 aliphatic heterocycles. The van der Waals surface area contributed by atoms with Crippen LogP contribution in [0.3, 0.4) is 0 Å². The second-order valence-corrected chi connectivity index (χ2v) is 10.8. The van der Waals surface area contributed by atoms with Crippen LogP contribution in [0.5, 0.6) is 0 Å². The molecule has 0 amide bonds. The molecule has 0 spiro atoms. The van der Waals surface area contributed by atoms with E-state index >= 15 is 0 Å². The van der Waals surface area contributed by atoms with Crippen molar-refractivity contribution in [1.29, 1.82) is 0 Å². The van der Waals surface area contributed by atoms with E-state index in [2.05, 4.69) is 68.7 Å². The fourth-order valence-corrected chi connectivity index (χ4v) is 7.72. The van der Waals surface area contributed by atoms with Gasteiger partial charge in [-0.25, -0.2) is 0 Å². The molecule has 5 rings (SSSR count). The molecule has 0 radical (unpaired) electrons. The molecular formula is C28H37NO. The molecule has 6 unspecified atom stereocenters. The van der Waals surface area contributed by atoms with Crippen LogP contribution in [0.2, 0.25) is 0 Å². The van der Waals surface area contributed by atoms with Crippen LogP contribution >= 0.6 is 0 Å². The third-order valence-corrected chi connectivity index (χ3v) is 9.43. The maximum Gasteiger partial charge on any atom is 0.0577 e. The lowest BCUT2D eigenvalue weighted by Crippen LogP contribution is -2.50. The first kappa shape index (κ1) is 20.1. The zero-order chi connectivity index (χ0) is 21.1. The van der Waals surface area contributed by atoms with E-state index < -0.39 is 0 Å². The molecule has 0 bridgehead atoms. The molecule has 0 saturated heterocycles. The van der Waals surface area contributed by atoms with E-state index in [0.717, 1.165) is 31.1 Å². The second kappa shape index (κ2) is 7.12. The topological polar surface area (TPSA) is 23.5 Å². The van der Waals surface area contributed by atoms with E-state index in [0.29, 0.717) is 11.3 Å². The number of anilines is 1. The van der Waals surface area contributed by atoms with E-state index in [-0.39, 0.29) is 11.5 Å². The largest absolute Gasteiger partial charge is 0.393 e. The zero-order valence-electron chi connectivity index (χ0n) is 18.9. The number of aliphatic hydroxyl groups excluding tert-OH is 1. The summed E-state index contributed by atoms with van der Waals surface area (Å²) in [5, 5.41) is 10.2. The highest BCUT2D eigenvalue weighted by atomic mass is 16.3. The lowest BCUT2D eigenvalue weighted by atomic mass is 9.47. The summed E-state index contributed by atoms with van der Waals surface area (Å²) in [6.07, 6.45) is 14.9. The summed E-state index contributed by atoms with van der Waals surface area (Å²) in [7, 11) is 0. The standard InChI is InChI=1S/C28H37NO/c1-5-29(25-9-7-6-8-19(25)2)26-13-12-23-22-11-10-20-18-21(30)14-16-27(20,3)24(22)15-17-28(23,26)4/h5-10,13,21-24,30H,1,11-12,14-18H2,2-4H3. The van der Waals surface area contributed by atoms with E-state index in [1.165, 1.54) is 42.6 Å². The minimum atomic E-state index is -0.121. The molecule has 1 aromatic rings. The number of hydrogen-bond acceptors (Lipinski definition) is 2. The van der Waals surface area contributed by atoms with Crippen molar-refractivity contribution < 1.29 is 5.11 Å². The molecule has 30 heavy (non-hydrogen) atoms. The molecular weight excluding hydrogens is 366 g/mol. The molecule has 6 atom stereocenters. The first-order valence-electron chi connectivity index (χ1n) is 11.9. The van der Waals surface area contributed by atoms with Crippen molar-refractivity contribution in [3.8, 4) is 0 Å². The summed E-state index contributed by atoms with van der Waals surface area (Å²) in [6, 6.07) is 8.68. The number of aliphatic hydroxyl groups is 1. The third-order valence-electron chi connectivity index (χ3n) is 9.43. The van der Waals surface area contributed by atoms with E-state index in [1.807, 2.05) is 6.20 Å². The Bertz CT molecular complexity index is 913. The van der Waals surface area contributed by atoms with Gasteiger partial charge in [0.1, 0.15) is 0 Å². The number of allylic oxidation sites excluding steroid dienone is 3. The summed E-state index contributed by atoms with van der Waals surface area (Å²) >= 11 is 0. The molecule has 2 fully saturated rings. The molecule has 4 aliphatic carbocycles. The van der Waals surface area contributed by atoms with Gasteiger partial charge in [-0.1, -0.05) is 56.4 Å². The second-order valence-electron chi connectivity index (χ2n) is 10.8. The van der Waals surface area contributed by atoms with Gasteiger partial charge in [0, 0.05) is 23.0 Å². The van der Waals surface area contributed by atoms with Crippen LogP contribution in [0.1, 0.15) is 64.4 Å². The highest BCUT2D eigenvalue weighted by molar-refractivity contribution is 5.61. The number of aryl methyl sites for hydroxylation is 1. The zero-order valence-corrected chi connectivity index (χ0v) is 18.9. The maximum atomic E-state index is 10.2. The van der Waals surface area contributed by atoms with Gasteiger partial charge in [0.25, 0.3) is 0 Å². The van der Waals surface area contributed by atoms with Crippen LogP contribution in [0.4, 0.5) is 5.69 Å². The number of benzene rings is 1. The van der Waals surface area contributed by atoms with Gasteiger partial charge in [-0.3, -0.25) is 0 Å². The van der Waals surface area contributed by atoms with Crippen molar-refractivity contribution in [1.82, 2.24) is 0 Å². The Morgan fingerprint density at radius 1 is 1.03 bits per heavy atom. The molecule has 0 aromatic heterocycles. The maximum absolute atomic E-state index is 10.2. The predicted octanol–water partition coefficient (Wildman–Crippen LogP) is 6.76. The van der Waals surface area contributed by atoms with Gasteiger partial charge in [-0.15, -0.1) is 0 Å². The summed E-state index contributed by atoms with van der Waals surface area (Å²) in [4.78, 5) is 2.37. The summed E-state index contributed by atoms with van der Waals surface area (Å²) in [5.74, 6) is 2.23. The average molecular weight is 404 g/mol. The first-order chi connectivity index (χ1) is 14.4. The highest BCUT2D eigenvalue weighted by Crippen LogP contribution is 2.65. The van der Waals surface area contributed by atoms with Crippen molar-refractivity contribution in [3.05, 3.63) is 66.0 Å².